The summed E-state index contributed by atoms with van der Waals surface area (Å²) in [5, 5.41) is 2.69. The highest BCUT2D eigenvalue weighted by Gasteiger charge is 2.27. The van der Waals surface area contributed by atoms with Crippen molar-refractivity contribution in [3.63, 3.8) is 0 Å². The standard InChI is InChI=1S/C32H36N/c1-22-8-6-7-9-29(22)31-20-30(23(2)21-33(31)5)28-13-12-26-18-25(10-11-27(26)19-28)24-14-16-32(3,4)17-15-24/h6-13,18-21,24H,14-17H2,1-5H3/q+1. The molecule has 4 aromatic rings. The molecule has 0 saturated heterocycles. The average Bonchev–Trinajstić information content (AvgIpc) is 2.79. The molecular formula is C32H36N+. The van der Waals surface area contributed by atoms with Gasteiger partial charge in [-0.15, -0.1) is 0 Å². The van der Waals surface area contributed by atoms with Crippen LogP contribution in [0.4, 0.5) is 0 Å². The summed E-state index contributed by atoms with van der Waals surface area (Å²) in [7, 11) is 2.15. The smallest absolute Gasteiger partial charge is 0.201 e. The van der Waals surface area contributed by atoms with E-state index in [0.717, 1.165) is 5.92 Å². The molecule has 33 heavy (non-hydrogen) atoms. The molecule has 0 atom stereocenters. The summed E-state index contributed by atoms with van der Waals surface area (Å²) < 4.78 is 2.25. The van der Waals surface area contributed by atoms with Crippen LogP contribution in [0.15, 0.2) is 72.9 Å². The van der Waals surface area contributed by atoms with Crippen molar-refractivity contribution in [2.75, 3.05) is 0 Å². The summed E-state index contributed by atoms with van der Waals surface area (Å²) in [6.45, 7) is 9.24. The van der Waals surface area contributed by atoms with E-state index in [2.05, 4.69) is 112 Å². The normalized spacial score (nSPS) is 16.3. The number of hydrogen-bond donors (Lipinski definition) is 0. The summed E-state index contributed by atoms with van der Waals surface area (Å²) >= 11 is 0. The van der Waals surface area contributed by atoms with E-state index >= 15 is 0 Å². The van der Waals surface area contributed by atoms with Gasteiger partial charge < -0.3 is 0 Å². The SMILES string of the molecule is Cc1c[n+](C)c(-c2ccccc2C)cc1-c1ccc2cc(C3CCC(C)(C)CC3)ccc2c1. The lowest BCUT2D eigenvalue weighted by atomic mass is 9.71. The highest BCUT2D eigenvalue weighted by atomic mass is 14.9. The highest BCUT2D eigenvalue weighted by Crippen LogP contribution is 2.43. The molecular weight excluding hydrogens is 398 g/mol. The van der Waals surface area contributed by atoms with Gasteiger partial charge >= 0.3 is 0 Å². The third-order valence-electron chi connectivity index (χ3n) is 7.88. The Morgan fingerprint density at radius 2 is 1.45 bits per heavy atom. The maximum Gasteiger partial charge on any atom is 0.213 e. The average molecular weight is 435 g/mol. The molecule has 0 N–H and O–H groups in total. The Labute approximate surface area is 199 Å². The largest absolute Gasteiger partial charge is 0.213 e. The summed E-state index contributed by atoms with van der Waals surface area (Å²) in [6.07, 6.45) is 7.57. The lowest BCUT2D eigenvalue weighted by molar-refractivity contribution is -0.660. The van der Waals surface area contributed by atoms with Crippen LogP contribution in [0.2, 0.25) is 0 Å². The maximum absolute atomic E-state index is 2.44. The fraction of sp³-hybridized carbons (Fsp3) is 0.344. The quantitative estimate of drug-likeness (QED) is 0.285. The Hall–Kier alpha value is -2.93. The van der Waals surface area contributed by atoms with Crippen LogP contribution in [0.25, 0.3) is 33.2 Å². The van der Waals surface area contributed by atoms with E-state index in [1.807, 2.05) is 0 Å². The number of rotatable bonds is 3. The minimum atomic E-state index is 0.517. The van der Waals surface area contributed by atoms with Gasteiger partial charge in [0, 0.05) is 17.2 Å². The summed E-state index contributed by atoms with van der Waals surface area (Å²) in [6, 6.07) is 25.2. The molecule has 0 unspecified atom stereocenters. The molecule has 0 bridgehead atoms. The van der Waals surface area contributed by atoms with Crippen LogP contribution < -0.4 is 4.57 Å². The zero-order valence-corrected chi connectivity index (χ0v) is 20.8. The van der Waals surface area contributed by atoms with Crippen molar-refractivity contribution >= 4 is 10.8 Å². The Morgan fingerprint density at radius 3 is 2.21 bits per heavy atom. The molecule has 168 valence electrons. The lowest BCUT2D eigenvalue weighted by Gasteiger charge is -2.34. The molecule has 1 aliphatic rings. The Morgan fingerprint density at radius 1 is 0.758 bits per heavy atom. The predicted octanol–water partition coefficient (Wildman–Crippen LogP) is 8.30. The molecule has 1 aliphatic carbocycles. The van der Waals surface area contributed by atoms with E-state index in [-0.39, 0.29) is 0 Å². The van der Waals surface area contributed by atoms with Crippen LogP contribution in [0.1, 0.15) is 62.1 Å². The lowest BCUT2D eigenvalue weighted by Crippen LogP contribution is -2.31. The molecule has 0 amide bonds. The maximum atomic E-state index is 2.44. The second-order valence-electron chi connectivity index (χ2n) is 10.9. The number of aryl methyl sites for hydroxylation is 3. The summed E-state index contributed by atoms with van der Waals surface area (Å²) in [5.74, 6) is 0.718. The molecule has 1 aromatic heterocycles. The number of hydrogen-bond acceptors (Lipinski definition) is 0. The van der Waals surface area contributed by atoms with Crippen LogP contribution in [0, 0.1) is 19.3 Å². The zero-order valence-electron chi connectivity index (χ0n) is 20.8. The fourth-order valence-corrected chi connectivity index (χ4v) is 5.64. The van der Waals surface area contributed by atoms with Gasteiger partial charge in [0.15, 0.2) is 6.20 Å². The summed E-state index contributed by atoms with van der Waals surface area (Å²) in [4.78, 5) is 0. The molecule has 0 spiro atoms. The zero-order chi connectivity index (χ0) is 23.2. The first-order valence-electron chi connectivity index (χ1n) is 12.4. The van der Waals surface area contributed by atoms with E-state index in [1.54, 1.807) is 0 Å². The second-order valence-corrected chi connectivity index (χ2v) is 10.9. The Kier molecular flexibility index (Phi) is 5.60. The van der Waals surface area contributed by atoms with Crippen LogP contribution in [-0.4, -0.2) is 0 Å². The van der Waals surface area contributed by atoms with Gasteiger partial charge in [-0.25, -0.2) is 4.57 Å². The van der Waals surface area contributed by atoms with Crippen molar-refractivity contribution in [3.8, 4) is 22.4 Å². The van der Waals surface area contributed by atoms with Crippen molar-refractivity contribution in [2.24, 2.45) is 12.5 Å². The van der Waals surface area contributed by atoms with Crippen molar-refractivity contribution in [1.29, 1.82) is 0 Å². The fourth-order valence-electron chi connectivity index (χ4n) is 5.64. The predicted molar refractivity (Wildman–Crippen MR) is 140 cm³/mol. The molecule has 1 fully saturated rings. The van der Waals surface area contributed by atoms with Gasteiger partial charge in [0.25, 0.3) is 0 Å². The van der Waals surface area contributed by atoms with Crippen LogP contribution in [-0.2, 0) is 7.05 Å². The van der Waals surface area contributed by atoms with Gasteiger partial charge in [-0.05, 0) is 96.0 Å². The monoisotopic (exact) mass is 434 g/mol. The molecule has 0 aliphatic heterocycles. The van der Waals surface area contributed by atoms with Gasteiger partial charge in [0.1, 0.15) is 7.05 Å². The van der Waals surface area contributed by atoms with E-state index in [4.69, 9.17) is 0 Å². The van der Waals surface area contributed by atoms with Crippen LogP contribution >= 0.6 is 0 Å². The van der Waals surface area contributed by atoms with E-state index in [9.17, 15) is 0 Å². The molecule has 5 rings (SSSR count). The number of fused-ring (bicyclic) bond motifs is 1. The van der Waals surface area contributed by atoms with Gasteiger partial charge in [0.05, 0.1) is 0 Å². The number of benzene rings is 3. The topological polar surface area (TPSA) is 3.88 Å². The highest BCUT2D eigenvalue weighted by molar-refractivity contribution is 5.88. The second kappa shape index (κ2) is 8.45. The first-order valence-corrected chi connectivity index (χ1v) is 12.4. The first kappa shape index (κ1) is 21.9. The third kappa shape index (κ3) is 4.34. The minimum Gasteiger partial charge on any atom is -0.201 e. The van der Waals surface area contributed by atoms with Crippen LogP contribution in [0.3, 0.4) is 0 Å². The number of pyridine rings is 1. The Bertz CT molecular complexity index is 1320. The van der Waals surface area contributed by atoms with Crippen molar-refractivity contribution in [1.82, 2.24) is 0 Å². The van der Waals surface area contributed by atoms with Crippen LogP contribution in [0.5, 0.6) is 0 Å². The first-order chi connectivity index (χ1) is 15.8. The van der Waals surface area contributed by atoms with Gasteiger partial charge in [-0.1, -0.05) is 62.4 Å². The molecule has 1 saturated carbocycles. The third-order valence-corrected chi connectivity index (χ3v) is 7.88. The molecule has 0 radical (unpaired) electrons. The summed E-state index contributed by atoms with van der Waals surface area (Å²) in [5.41, 5.74) is 9.80. The Balaban J connectivity index is 1.51. The molecule has 1 heterocycles. The van der Waals surface area contributed by atoms with Crippen molar-refractivity contribution in [2.45, 2.75) is 59.3 Å². The molecule has 1 heteroatoms. The number of nitrogens with zero attached hydrogens (tertiary/aromatic N) is 1. The molecule has 1 nitrogen and oxygen atoms in total. The van der Waals surface area contributed by atoms with Gasteiger partial charge in [-0.2, -0.15) is 0 Å². The van der Waals surface area contributed by atoms with Gasteiger partial charge in [0.2, 0.25) is 5.69 Å². The van der Waals surface area contributed by atoms with E-state index < -0.39 is 0 Å². The van der Waals surface area contributed by atoms with E-state index in [0.29, 0.717) is 5.41 Å². The number of aromatic nitrogens is 1. The molecule has 3 aromatic carbocycles. The van der Waals surface area contributed by atoms with Crippen molar-refractivity contribution < 1.29 is 4.57 Å². The van der Waals surface area contributed by atoms with E-state index in [1.165, 1.54) is 75.5 Å². The minimum absolute atomic E-state index is 0.517. The van der Waals surface area contributed by atoms with Crippen molar-refractivity contribution in [3.05, 3.63) is 89.6 Å². The van der Waals surface area contributed by atoms with Gasteiger partial charge in [-0.3, -0.25) is 0 Å².